The number of carbonyl (C=O) groups is 1. The molecule has 1 amide bonds. The fourth-order valence-corrected chi connectivity index (χ4v) is 3.11. The van der Waals surface area contributed by atoms with E-state index < -0.39 is 0 Å². The summed E-state index contributed by atoms with van der Waals surface area (Å²) >= 11 is 0. The van der Waals surface area contributed by atoms with Crippen molar-refractivity contribution in [2.24, 2.45) is 11.7 Å². The van der Waals surface area contributed by atoms with Crippen LogP contribution in [0.25, 0.3) is 11.3 Å². The summed E-state index contributed by atoms with van der Waals surface area (Å²) in [5, 5.41) is 0. The molecule has 1 aliphatic heterocycles. The molecule has 0 bridgehead atoms. The zero-order chi connectivity index (χ0) is 17.3. The first-order valence-electron chi connectivity index (χ1n) is 8.58. The van der Waals surface area contributed by atoms with Crippen molar-refractivity contribution in [2.45, 2.75) is 32.6 Å². The van der Waals surface area contributed by atoms with Gasteiger partial charge in [-0.3, -0.25) is 4.79 Å². The second-order valence-electron chi connectivity index (χ2n) is 7.63. The summed E-state index contributed by atoms with van der Waals surface area (Å²) in [5.41, 5.74) is 8.09. The van der Waals surface area contributed by atoms with E-state index in [9.17, 15) is 4.79 Å². The van der Waals surface area contributed by atoms with E-state index in [1.807, 2.05) is 23.1 Å². The molecule has 2 aromatic rings. The smallest absolute Gasteiger partial charge is 0.289 e. The third-order valence-corrected chi connectivity index (χ3v) is 4.76. The SMILES string of the molecule is CC(C)(C)c1ccc(-c2ccc(C(=O)N3CCC(CN)C3)o2)cc1. The van der Waals surface area contributed by atoms with Crippen molar-refractivity contribution < 1.29 is 9.21 Å². The Balaban J connectivity index is 1.75. The van der Waals surface area contributed by atoms with E-state index in [0.29, 0.717) is 18.2 Å². The summed E-state index contributed by atoms with van der Waals surface area (Å²) < 4.78 is 5.82. The number of furan rings is 1. The number of likely N-dealkylation sites (tertiary alicyclic amines) is 1. The summed E-state index contributed by atoms with van der Waals surface area (Å²) in [7, 11) is 0. The maximum atomic E-state index is 12.5. The molecule has 0 spiro atoms. The van der Waals surface area contributed by atoms with Crippen molar-refractivity contribution in [2.75, 3.05) is 19.6 Å². The van der Waals surface area contributed by atoms with E-state index >= 15 is 0 Å². The molecule has 2 N–H and O–H groups in total. The average Bonchev–Trinajstić information content (AvgIpc) is 3.23. The predicted octanol–water partition coefficient (Wildman–Crippen LogP) is 3.66. The van der Waals surface area contributed by atoms with Crippen LogP contribution in [0.15, 0.2) is 40.8 Å². The van der Waals surface area contributed by atoms with Crippen LogP contribution in [0.1, 0.15) is 43.3 Å². The quantitative estimate of drug-likeness (QED) is 0.936. The monoisotopic (exact) mass is 326 g/mol. The number of amides is 1. The van der Waals surface area contributed by atoms with Gasteiger partial charge in [0.15, 0.2) is 5.76 Å². The van der Waals surface area contributed by atoms with Crippen LogP contribution < -0.4 is 5.73 Å². The van der Waals surface area contributed by atoms with E-state index in [0.717, 1.165) is 30.8 Å². The van der Waals surface area contributed by atoms with Crippen LogP contribution in [0, 0.1) is 5.92 Å². The van der Waals surface area contributed by atoms with Gasteiger partial charge in [-0.25, -0.2) is 0 Å². The first-order valence-corrected chi connectivity index (χ1v) is 8.58. The summed E-state index contributed by atoms with van der Waals surface area (Å²) in [5.74, 6) is 1.51. The molecular weight excluding hydrogens is 300 g/mol. The zero-order valence-electron chi connectivity index (χ0n) is 14.7. The van der Waals surface area contributed by atoms with Crippen molar-refractivity contribution in [3.63, 3.8) is 0 Å². The van der Waals surface area contributed by atoms with Crippen LogP contribution in [0.3, 0.4) is 0 Å². The molecule has 24 heavy (non-hydrogen) atoms. The van der Waals surface area contributed by atoms with Gasteiger partial charge in [0.2, 0.25) is 0 Å². The van der Waals surface area contributed by atoms with Gasteiger partial charge in [-0.05, 0) is 42.0 Å². The number of benzene rings is 1. The Bertz CT molecular complexity index is 710. The van der Waals surface area contributed by atoms with Gasteiger partial charge in [0.1, 0.15) is 5.76 Å². The lowest BCUT2D eigenvalue weighted by Gasteiger charge is -2.18. The average molecular weight is 326 g/mol. The number of carbonyl (C=O) groups excluding carboxylic acids is 1. The Hall–Kier alpha value is -2.07. The van der Waals surface area contributed by atoms with Crippen molar-refractivity contribution in [1.29, 1.82) is 0 Å². The van der Waals surface area contributed by atoms with Crippen LogP contribution in [-0.4, -0.2) is 30.4 Å². The Labute approximate surface area is 143 Å². The zero-order valence-corrected chi connectivity index (χ0v) is 14.7. The highest BCUT2D eigenvalue weighted by atomic mass is 16.4. The van der Waals surface area contributed by atoms with E-state index in [4.69, 9.17) is 10.2 Å². The largest absolute Gasteiger partial charge is 0.451 e. The van der Waals surface area contributed by atoms with Crippen molar-refractivity contribution >= 4 is 5.91 Å². The Kier molecular flexibility index (Phi) is 4.50. The van der Waals surface area contributed by atoms with Crippen LogP contribution in [0.5, 0.6) is 0 Å². The molecule has 1 aromatic carbocycles. The van der Waals surface area contributed by atoms with Gasteiger partial charge in [0, 0.05) is 18.7 Å². The maximum Gasteiger partial charge on any atom is 0.289 e. The lowest BCUT2D eigenvalue weighted by molar-refractivity contribution is 0.0757. The molecule has 4 heteroatoms. The van der Waals surface area contributed by atoms with Crippen LogP contribution in [-0.2, 0) is 5.41 Å². The number of nitrogens with zero attached hydrogens (tertiary/aromatic N) is 1. The standard InChI is InChI=1S/C20H26N2O2/c1-20(2,3)16-6-4-15(5-7-16)17-8-9-18(24-17)19(23)22-11-10-14(12-21)13-22/h4-9,14H,10-13,21H2,1-3H3. The minimum Gasteiger partial charge on any atom is -0.451 e. The van der Waals surface area contributed by atoms with Crippen LogP contribution in [0.4, 0.5) is 0 Å². The molecule has 128 valence electrons. The Morgan fingerprint density at radius 2 is 1.92 bits per heavy atom. The summed E-state index contributed by atoms with van der Waals surface area (Å²) in [6.07, 6.45) is 0.976. The maximum absolute atomic E-state index is 12.5. The lowest BCUT2D eigenvalue weighted by atomic mass is 9.86. The third-order valence-electron chi connectivity index (χ3n) is 4.76. The fourth-order valence-electron chi connectivity index (χ4n) is 3.11. The van der Waals surface area contributed by atoms with Crippen molar-refractivity contribution in [3.8, 4) is 11.3 Å². The van der Waals surface area contributed by atoms with Crippen LogP contribution in [0.2, 0.25) is 0 Å². The highest BCUT2D eigenvalue weighted by Crippen LogP contribution is 2.28. The molecular formula is C20H26N2O2. The molecule has 4 nitrogen and oxygen atoms in total. The van der Waals surface area contributed by atoms with Gasteiger partial charge in [-0.1, -0.05) is 45.0 Å². The second-order valence-corrected chi connectivity index (χ2v) is 7.63. The van der Waals surface area contributed by atoms with E-state index in [-0.39, 0.29) is 11.3 Å². The summed E-state index contributed by atoms with van der Waals surface area (Å²) in [6, 6.07) is 12.0. The van der Waals surface area contributed by atoms with Crippen molar-refractivity contribution in [3.05, 3.63) is 47.7 Å². The minimum absolute atomic E-state index is 0.0384. The molecule has 1 atom stereocenters. The predicted molar refractivity (Wildman–Crippen MR) is 95.9 cm³/mol. The van der Waals surface area contributed by atoms with E-state index in [1.54, 1.807) is 6.07 Å². The van der Waals surface area contributed by atoms with Crippen LogP contribution >= 0.6 is 0 Å². The third kappa shape index (κ3) is 3.39. The van der Waals surface area contributed by atoms with Gasteiger partial charge < -0.3 is 15.1 Å². The molecule has 3 rings (SSSR count). The molecule has 0 radical (unpaired) electrons. The number of nitrogens with two attached hydrogens (primary N) is 1. The highest BCUT2D eigenvalue weighted by Gasteiger charge is 2.27. The molecule has 0 aliphatic carbocycles. The molecule has 1 aliphatic rings. The second kappa shape index (κ2) is 6.44. The Morgan fingerprint density at radius 3 is 2.50 bits per heavy atom. The molecule has 1 fully saturated rings. The Morgan fingerprint density at radius 1 is 1.21 bits per heavy atom. The van der Waals surface area contributed by atoms with Gasteiger partial charge >= 0.3 is 0 Å². The van der Waals surface area contributed by atoms with Gasteiger partial charge in [0.05, 0.1) is 0 Å². The van der Waals surface area contributed by atoms with Gasteiger partial charge in [-0.15, -0.1) is 0 Å². The molecule has 0 saturated carbocycles. The number of hydrogen-bond donors (Lipinski definition) is 1. The summed E-state index contributed by atoms with van der Waals surface area (Å²) in [4.78, 5) is 14.4. The fraction of sp³-hybridized carbons (Fsp3) is 0.450. The molecule has 1 unspecified atom stereocenters. The number of rotatable bonds is 3. The molecule has 1 saturated heterocycles. The molecule has 2 heterocycles. The van der Waals surface area contributed by atoms with Gasteiger partial charge in [0.25, 0.3) is 5.91 Å². The molecule has 1 aromatic heterocycles. The van der Waals surface area contributed by atoms with E-state index in [2.05, 4.69) is 32.9 Å². The first-order chi connectivity index (χ1) is 11.4. The van der Waals surface area contributed by atoms with E-state index in [1.165, 1.54) is 5.56 Å². The minimum atomic E-state index is -0.0384. The topological polar surface area (TPSA) is 59.5 Å². The normalized spacial score (nSPS) is 18.2. The van der Waals surface area contributed by atoms with Gasteiger partial charge in [-0.2, -0.15) is 0 Å². The summed E-state index contributed by atoms with van der Waals surface area (Å²) in [6.45, 7) is 8.69. The highest BCUT2D eigenvalue weighted by molar-refractivity contribution is 5.92. The lowest BCUT2D eigenvalue weighted by Crippen LogP contribution is -2.29. The number of hydrogen-bond acceptors (Lipinski definition) is 3. The first kappa shape index (κ1) is 16.8. The van der Waals surface area contributed by atoms with Crippen molar-refractivity contribution in [1.82, 2.24) is 4.90 Å².